The van der Waals surface area contributed by atoms with Crippen molar-refractivity contribution < 1.29 is 4.74 Å². The van der Waals surface area contributed by atoms with Crippen molar-refractivity contribution in [1.82, 2.24) is 4.90 Å². The fraction of sp³-hybridized carbons (Fsp3) is 0.375. The summed E-state index contributed by atoms with van der Waals surface area (Å²) in [4.78, 5) is 3.85. The fourth-order valence-electron chi connectivity index (χ4n) is 2.60. The standard InChI is InChI=1S/C16H18BrNOS/c1-2-18-9-7-12-8-10-20-16(12)15(11-18)19-14-6-4-3-5-13(14)17/h3-6,8,10,15H,2,7,9,11H2,1H3. The van der Waals surface area contributed by atoms with Crippen LogP contribution in [0.25, 0.3) is 0 Å². The first kappa shape index (κ1) is 14.1. The number of likely N-dealkylation sites (N-methyl/N-ethyl adjacent to an activating group) is 1. The Kier molecular flexibility index (Phi) is 4.44. The molecule has 1 aromatic carbocycles. The molecule has 3 rings (SSSR count). The van der Waals surface area contributed by atoms with E-state index in [4.69, 9.17) is 4.74 Å². The molecule has 4 heteroatoms. The highest BCUT2D eigenvalue weighted by Gasteiger charge is 2.25. The summed E-state index contributed by atoms with van der Waals surface area (Å²) in [6, 6.07) is 10.3. The lowest BCUT2D eigenvalue weighted by molar-refractivity contribution is 0.146. The van der Waals surface area contributed by atoms with Gasteiger partial charge in [-0.1, -0.05) is 19.1 Å². The van der Waals surface area contributed by atoms with Crippen molar-refractivity contribution in [3.05, 3.63) is 50.6 Å². The monoisotopic (exact) mass is 351 g/mol. The molecule has 1 aliphatic heterocycles. The Labute approximate surface area is 132 Å². The van der Waals surface area contributed by atoms with E-state index in [2.05, 4.69) is 39.2 Å². The fourth-order valence-corrected chi connectivity index (χ4v) is 3.95. The molecule has 0 radical (unpaired) electrons. The average Bonchev–Trinajstić information content (AvgIpc) is 2.86. The van der Waals surface area contributed by atoms with Gasteiger partial charge < -0.3 is 4.74 Å². The molecule has 106 valence electrons. The maximum Gasteiger partial charge on any atom is 0.146 e. The van der Waals surface area contributed by atoms with E-state index in [9.17, 15) is 0 Å². The minimum absolute atomic E-state index is 0.131. The first-order valence-electron chi connectivity index (χ1n) is 6.97. The summed E-state index contributed by atoms with van der Waals surface area (Å²) in [5, 5.41) is 2.18. The Balaban J connectivity index is 1.88. The molecule has 2 aromatic rings. The molecule has 0 saturated heterocycles. The number of rotatable bonds is 3. The van der Waals surface area contributed by atoms with Gasteiger partial charge in [0, 0.05) is 18.0 Å². The molecule has 0 saturated carbocycles. The minimum Gasteiger partial charge on any atom is -0.482 e. The predicted molar refractivity (Wildman–Crippen MR) is 87.6 cm³/mol. The zero-order valence-electron chi connectivity index (χ0n) is 11.5. The van der Waals surface area contributed by atoms with Gasteiger partial charge in [0.05, 0.1) is 4.47 Å². The molecule has 1 atom stereocenters. The topological polar surface area (TPSA) is 12.5 Å². The molecule has 0 N–H and O–H groups in total. The Morgan fingerprint density at radius 1 is 1.35 bits per heavy atom. The van der Waals surface area contributed by atoms with Gasteiger partial charge in [-0.05, 0) is 58.0 Å². The first-order valence-corrected chi connectivity index (χ1v) is 8.65. The van der Waals surface area contributed by atoms with Crippen molar-refractivity contribution in [3.63, 3.8) is 0 Å². The van der Waals surface area contributed by atoms with Crippen LogP contribution < -0.4 is 4.74 Å². The predicted octanol–water partition coefficient (Wildman–Crippen LogP) is 4.51. The molecular weight excluding hydrogens is 334 g/mol. The van der Waals surface area contributed by atoms with Crippen molar-refractivity contribution in [1.29, 1.82) is 0 Å². The molecule has 0 fully saturated rings. The zero-order valence-corrected chi connectivity index (χ0v) is 13.9. The molecule has 1 aromatic heterocycles. The molecule has 0 aliphatic carbocycles. The lowest BCUT2D eigenvalue weighted by Crippen LogP contribution is -2.29. The summed E-state index contributed by atoms with van der Waals surface area (Å²) in [5.74, 6) is 0.926. The van der Waals surface area contributed by atoms with E-state index < -0.39 is 0 Å². The molecule has 0 bridgehead atoms. The molecule has 1 aliphatic rings. The summed E-state index contributed by atoms with van der Waals surface area (Å²) in [5.41, 5.74) is 1.45. The van der Waals surface area contributed by atoms with Crippen LogP contribution in [0.4, 0.5) is 0 Å². The second kappa shape index (κ2) is 6.29. The summed E-state index contributed by atoms with van der Waals surface area (Å²) in [6.07, 6.45) is 1.26. The van der Waals surface area contributed by atoms with Gasteiger partial charge in [0.25, 0.3) is 0 Å². The summed E-state index contributed by atoms with van der Waals surface area (Å²) < 4.78 is 7.32. The quantitative estimate of drug-likeness (QED) is 0.806. The van der Waals surface area contributed by atoms with Crippen molar-refractivity contribution in [2.45, 2.75) is 19.4 Å². The summed E-state index contributed by atoms with van der Waals surface area (Å²) in [7, 11) is 0. The number of fused-ring (bicyclic) bond motifs is 1. The second-order valence-corrected chi connectivity index (χ2v) is 6.79. The van der Waals surface area contributed by atoms with Crippen LogP contribution in [0.5, 0.6) is 5.75 Å². The number of nitrogens with zero attached hydrogens (tertiary/aromatic N) is 1. The van der Waals surface area contributed by atoms with Gasteiger partial charge in [-0.15, -0.1) is 11.3 Å². The number of para-hydroxylation sites is 1. The average molecular weight is 352 g/mol. The largest absolute Gasteiger partial charge is 0.482 e. The van der Waals surface area contributed by atoms with Crippen LogP contribution in [0.3, 0.4) is 0 Å². The van der Waals surface area contributed by atoms with Gasteiger partial charge in [-0.2, -0.15) is 0 Å². The van der Waals surface area contributed by atoms with Gasteiger partial charge in [-0.25, -0.2) is 0 Å². The van der Waals surface area contributed by atoms with Gasteiger partial charge >= 0.3 is 0 Å². The second-order valence-electron chi connectivity index (χ2n) is 4.99. The van der Waals surface area contributed by atoms with Gasteiger partial charge in [-0.3, -0.25) is 4.90 Å². The van der Waals surface area contributed by atoms with Crippen LogP contribution in [0, 0.1) is 0 Å². The highest BCUT2D eigenvalue weighted by molar-refractivity contribution is 9.10. The van der Waals surface area contributed by atoms with E-state index in [1.807, 2.05) is 35.6 Å². The number of ether oxygens (including phenoxy) is 1. The minimum atomic E-state index is 0.131. The summed E-state index contributed by atoms with van der Waals surface area (Å²) >= 11 is 5.39. The van der Waals surface area contributed by atoms with Crippen LogP contribution in [-0.4, -0.2) is 24.5 Å². The first-order chi connectivity index (χ1) is 9.78. The normalized spacial score (nSPS) is 19.4. The van der Waals surface area contributed by atoms with Crippen molar-refractivity contribution in [3.8, 4) is 5.75 Å². The Morgan fingerprint density at radius 3 is 3.00 bits per heavy atom. The third kappa shape index (κ3) is 2.92. The van der Waals surface area contributed by atoms with E-state index >= 15 is 0 Å². The highest BCUT2D eigenvalue weighted by Crippen LogP contribution is 2.34. The van der Waals surface area contributed by atoms with Gasteiger partial charge in [0.2, 0.25) is 0 Å². The Bertz CT molecular complexity index is 583. The molecule has 2 nitrogen and oxygen atoms in total. The Morgan fingerprint density at radius 2 is 2.20 bits per heavy atom. The lowest BCUT2D eigenvalue weighted by atomic mass is 10.1. The molecule has 20 heavy (non-hydrogen) atoms. The van der Waals surface area contributed by atoms with Crippen LogP contribution >= 0.6 is 27.3 Å². The van der Waals surface area contributed by atoms with Crippen molar-refractivity contribution >= 4 is 27.3 Å². The maximum absolute atomic E-state index is 6.30. The van der Waals surface area contributed by atoms with E-state index in [0.717, 1.165) is 36.3 Å². The number of halogens is 1. The number of hydrogen-bond acceptors (Lipinski definition) is 3. The third-order valence-corrected chi connectivity index (χ3v) is 5.45. The maximum atomic E-state index is 6.30. The van der Waals surface area contributed by atoms with Crippen LogP contribution in [0.2, 0.25) is 0 Å². The van der Waals surface area contributed by atoms with Crippen molar-refractivity contribution in [2.24, 2.45) is 0 Å². The number of thiophene rings is 1. The Hall–Kier alpha value is -0.840. The van der Waals surface area contributed by atoms with Gasteiger partial charge in [0.1, 0.15) is 11.9 Å². The van der Waals surface area contributed by atoms with E-state index in [1.54, 1.807) is 0 Å². The highest BCUT2D eigenvalue weighted by atomic mass is 79.9. The van der Waals surface area contributed by atoms with Crippen LogP contribution in [0.1, 0.15) is 23.5 Å². The van der Waals surface area contributed by atoms with Crippen LogP contribution in [0.15, 0.2) is 40.2 Å². The zero-order chi connectivity index (χ0) is 13.9. The molecule has 0 spiro atoms. The van der Waals surface area contributed by atoms with E-state index in [1.165, 1.54) is 10.4 Å². The summed E-state index contributed by atoms with van der Waals surface area (Å²) in [6.45, 7) is 5.38. The molecule has 2 heterocycles. The smallest absolute Gasteiger partial charge is 0.146 e. The van der Waals surface area contributed by atoms with Crippen LogP contribution in [-0.2, 0) is 6.42 Å². The molecular formula is C16H18BrNOS. The van der Waals surface area contributed by atoms with E-state index in [-0.39, 0.29) is 6.10 Å². The lowest BCUT2D eigenvalue weighted by Gasteiger charge is -2.24. The number of hydrogen-bond donors (Lipinski definition) is 0. The SMILES string of the molecule is CCN1CCc2ccsc2C(Oc2ccccc2Br)C1. The number of benzene rings is 1. The van der Waals surface area contributed by atoms with Gasteiger partial charge in [0.15, 0.2) is 0 Å². The van der Waals surface area contributed by atoms with E-state index in [0.29, 0.717) is 0 Å². The third-order valence-electron chi connectivity index (χ3n) is 3.75. The van der Waals surface area contributed by atoms with Crippen molar-refractivity contribution in [2.75, 3.05) is 19.6 Å². The molecule has 0 amide bonds. The molecule has 1 unspecified atom stereocenters.